The summed E-state index contributed by atoms with van der Waals surface area (Å²) in [7, 11) is 0. The summed E-state index contributed by atoms with van der Waals surface area (Å²) >= 11 is 0. The first-order valence-electron chi connectivity index (χ1n) is 12.9. The second-order valence-corrected chi connectivity index (χ2v) is 10.8. The number of fused-ring (bicyclic) bond motifs is 2. The van der Waals surface area contributed by atoms with Gasteiger partial charge in [0.15, 0.2) is 0 Å². The van der Waals surface area contributed by atoms with Gasteiger partial charge in [-0.1, -0.05) is 123 Å². The van der Waals surface area contributed by atoms with Crippen LogP contribution in [0.1, 0.15) is 36.1 Å². The SMILES string of the molecule is Cc1[cH-]c2cccc(-c3ccccc3)c2c1CC(C)(C)c1c(C)[cH-]c2cccc(-c3ccccc3)c12.[Cl-].[Cl-].[Zr+4]. The van der Waals surface area contributed by atoms with Gasteiger partial charge in [0.25, 0.3) is 0 Å². The van der Waals surface area contributed by atoms with E-state index in [4.69, 9.17) is 0 Å². The van der Waals surface area contributed by atoms with Crippen LogP contribution in [0.5, 0.6) is 0 Å². The fourth-order valence-corrected chi connectivity index (χ4v) is 6.36. The molecule has 0 bridgehead atoms. The van der Waals surface area contributed by atoms with E-state index in [9.17, 15) is 0 Å². The van der Waals surface area contributed by atoms with Crippen molar-refractivity contribution in [3.8, 4) is 22.3 Å². The van der Waals surface area contributed by atoms with Crippen molar-refractivity contribution in [1.29, 1.82) is 0 Å². The van der Waals surface area contributed by atoms with Crippen molar-refractivity contribution in [3.05, 3.63) is 131 Å². The van der Waals surface area contributed by atoms with E-state index in [0.717, 1.165) is 6.42 Å². The third-order valence-corrected chi connectivity index (χ3v) is 7.82. The molecule has 0 nitrogen and oxygen atoms in total. The molecule has 6 rings (SSSR count). The third kappa shape index (κ3) is 5.60. The Balaban J connectivity index is 0.00000140. The van der Waals surface area contributed by atoms with Crippen molar-refractivity contribution >= 4 is 21.5 Å². The Labute approximate surface area is 264 Å². The largest absolute Gasteiger partial charge is 4.00 e. The van der Waals surface area contributed by atoms with Crippen molar-refractivity contribution in [2.24, 2.45) is 0 Å². The number of aryl methyl sites for hydroxylation is 2. The van der Waals surface area contributed by atoms with Gasteiger partial charge in [-0.25, -0.2) is 0 Å². The van der Waals surface area contributed by atoms with Crippen molar-refractivity contribution in [1.82, 2.24) is 0 Å². The molecule has 0 spiro atoms. The standard InChI is InChI=1S/C36H32.2ClH.Zr/c1-24-21-28-17-11-19-30(26-13-7-5-8-14-26)33(28)32(24)23-36(3,4)35-25(2)22-29-18-12-20-31(34(29)35)27-15-9-6-10-16-27;;;/h5-22H,23H2,1-4H3;2*1H;/q-2;;;+4/p-2. The molecule has 0 amide bonds. The molecule has 0 aromatic heterocycles. The molecule has 0 aliphatic rings. The molecular weight excluding hydrogens is 595 g/mol. The normalized spacial score (nSPS) is 11.1. The maximum absolute atomic E-state index is 2.43. The minimum absolute atomic E-state index is 0. The summed E-state index contributed by atoms with van der Waals surface area (Å²) in [6, 6.07) is 39.9. The molecule has 6 aromatic rings. The van der Waals surface area contributed by atoms with E-state index in [-0.39, 0.29) is 56.4 Å². The summed E-state index contributed by atoms with van der Waals surface area (Å²) in [5.41, 5.74) is 10.9. The number of halogens is 2. The Bertz CT molecular complexity index is 1690. The van der Waals surface area contributed by atoms with Crippen LogP contribution in [0, 0.1) is 13.8 Å². The number of rotatable bonds is 5. The number of hydrogen-bond donors (Lipinski definition) is 0. The van der Waals surface area contributed by atoms with E-state index in [1.54, 1.807) is 0 Å². The predicted octanol–water partition coefficient (Wildman–Crippen LogP) is 3.91. The van der Waals surface area contributed by atoms with Gasteiger partial charge in [-0.3, -0.25) is 0 Å². The van der Waals surface area contributed by atoms with E-state index >= 15 is 0 Å². The summed E-state index contributed by atoms with van der Waals surface area (Å²) in [6.45, 7) is 9.43. The van der Waals surface area contributed by atoms with Crippen molar-refractivity contribution in [2.45, 2.75) is 39.5 Å². The number of benzene rings is 4. The van der Waals surface area contributed by atoms with Crippen LogP contribution in [0.4, 0.5) is 0 Å². The fourth-order valence-electron chi connectivity index (χ4n) is 6.36. The van der Waals surface area contributed by atoms with Crippen LogP contribution in [0.3, 0.4) is 0 Å². The van der Waals surface area contributed by atoms with Crippen LogP contribution in [0.15, 0.2) is 109 Å². The molecule has 0 saturated carbocycles. The first-order valence-corrected chi connectivity index (χ1v) is 12.9. The maximum Gasteiger partial charge on any atom is 4.00 e. The van der Waals surface area contributed by atoms with Crippen molar-refractivity contribution in [2.75, 3.05) is 0 Å². The Morgan fingerprint density at radius 2 is 1.03 bits per heavy atom. The fraction of sp³-hybridized carbons (Fsp3) is 0.167. The Kier molecular flexibility index (Phi) is 9.88. The van der Waals surface area contributed by atoms with Crippen LogP contribution < -0.4 is 24.8 Å². The van der Waals surface area contributed by atoms with Crippen molar-refractivity contribution < 1.29 is 51.0 Å². The zero-order valence-corrected chi connectivity index (χ0v) is 26.8. The van der Waals surface area contributed by atoms with Gasteiger partial charge in [0.1, 0.15) is 0 Å². The van der Waals surface area contributed by atoms with Crippen molar-refractivity contribution in [3.63, 3.8) is 0 Å². The monoisotopic (exact) mass is 624 g/mol. The van der Waals surface area contributed by atoms with E-state index < -0.39 is 0 Å². The average molecular weight is 627 g/mol. The Morgan fingerprint density at radius 1 is 0.564 bits per heavy atom. The van der Waals surface area contributed by atoms with Gasteiger partial charge in [-0.15, -0.1) is 80.2 Å². The molecule has 39 heavy (non-hydrogen) atoms. The summed E-state index contributed by atoms with van der Waals surface area (Å²) in [4.78, 5) is 0. The first kappa shape index (κ1) is 31.1. The zero-order chi connectivity index (χ0) is 24.9. The molecule has 0 heterocycles. The molecule has 0 aliphatic heterocycles. The maximum atomic E-state index is 2.43. The molecule has 6 aromatic carbocycles. The smallest absolute Gasteiger partial charge is 1.00 e. The van der Waals surface area contributed by atoms with Gasteiger partial charge < -0.3 is 24.8 Å². The van der Waals surface area contributed by atoms with Gasteiger partial charge >= 0.3 is 26.2 Å². The Morgan fingerprint density at radius 3 is 1.56 bits per heavy atom. The molecular formula is C36H32Cl2Zr. The summed E-state index contributed by atoms with van der Waals surface area (Å²) < 4.78 is 0. The molecule has 0 saturated heterocycles. The van der Waals surface area contributed by atoms with Gasteiger partial charge in [0.2, 0.25) is 0 Å². The zero-order valence-electron chi connectivity index (χ0n) is 22.9. The van der Waals surface area contributed by atoms with E-state index in [1.807, 2.05) is 0 Å². The molecule has 0 N–H and O–H groups in total. The average Bonchev–Trinajstić information content (AvgIpc) is 3.40. The summed E-state index contributed by atoms with van der Waals surface area (Å²) in [6.07, 6.45) is 0.995. The number of hydrogen-bond acceptors (Lipinski definition) is 0. The quantitative estimate of drug-likeness (QED) is 0.255. The summed E-state index contributed by atoms with van der Waals surface area (Å²) in [5.74, 6) is 0. The molecule has 0 fully saturated rings. The third-order valence-electron chi connectivity index (χ3n) is 7.82. The molecule has 0 aliphatic carbocycles. The second-order valence-electron chi connectivity index (χ2n) is 10.8. The predicted molar refractivity (Wildman–Crippen MR) is 156 cm³/mol. The second kappa shape index (κ2) is 12.4. The van der Waals surface area contributed by atoms with Gasteiger partial charge in [0, 0.05) is 0 Å². The van der Waals surface area contributed by atoms with Gasteiger partial charge in [-0.05, 0) is 11.1 Å². The Hall–Kier alpha value is -2.44. The minimum Gasteiger partial charge on any atom is -1.00 e. The van der Waals surface area contributed by atoms with Gasteiger partial charge in [-0.2, -0.15) is 0 Å². The molecule has 194 valence electrons. The van der Waals surface area contributed by atoms with Crippen LogP contribution in [0.25, 0.3) is 43.8 Å². The van der Waals surface area contributed by atoms with E-state index in [2.05, 4.69) is 137 Å². The van der Waals surface area contributed by atoms with E-state index in [0.29, 0.717) is 0 Å². The van der Waals surface area contributed by atoms with Crippen LogP contribution in [-0.4, -0.2) is 0 Å². The topological polar surface area (TPSA) is 0 Å². The van der Waals surface area contributed by atoms with E-state index in [1.165, 1.54) is 66.1 Å². The first-order chi connectivity index (χ1) is 17.4. The minimum atomic E-state index is -0.0352. The molecule has 0 atom stereocenters. The molecule has 0 unspecified atom stereocenters. The van der Waals surface area contributed by atoms with Crippen LogP contribution in [0.2, 0.25) is 0 Å². The molecule has 3 heteroatoms. The van der Waals surface area contributed by atoms with Crippen LogP contribution >= 0.6 is 0 Å². The summed E-state index contributed by atoms with van der Waals surface area (Å²) in [5, 5.41) is 5.49. The molecule has 0 radical (unpaired) electrons. The van der Waals surface area contributed by atoms with Crippen LogP contribution in [-0.2, 0) is 38.0 Å². The van der Waals surface area contributed by atoms with Gasteiger partial charge in [0.05, 0.1) is 0 Å².